The van der Waals surface area contributed by atoms with Crippen LogP contribution < -0.4 is 33.8 Å². The Hall–Kier alpha value is -4.56. The number of hydrogen-bond donors (Lipinski definition) is 0. The van der Waals surface area contributed by atoms with Gasteiger partial charge in [0.1, 0.15) is 6.61 Å². The van der Waals surface area contributed by atoms with Gasteiger partial charge in [-0.05, 0) is 65.4 Å². The summed E-state index contributed by atoms with van der Waals surface area (Å²) in [5.41, 5.74) is 6.15. The fraction of sp³-hybridized carbons (Fsp3) is 0.212. The van der Waals surface area contributed by atoms with E-state index < -0.39 is 0 Å². The third-order valence-corrected chi connectivity index (χ3v) is 8.42. The highest BCUT2D eigenvalue weighted by Crippen LogP contribution is 2.42. The smallest absolute Gasteiger partial charge is 0.271 e. The highest BCUT2D eigenvalue weighted by Gasteiger charge is 2.33. The van der Waals surface area contributed by atoms with Gasteiger partial charge in [0.05, 0.1) is 37.6 Å². The monoisotopic (exact) mass is 566 g/mol. The minimum atomic E-state index is -0.319. The SMILES string of the molecule is C=CCOc1ccc(C=c2sc3n(c2=O)C(c2ccc(OC)c(OC)c2)C2=C(N=3)c3ccccc3CC2)cc1OC. The van der Waals surface area contributed by atoms with E-state index in [1.807, 2.05) is 53.1 Å². The summed E-state index contributed by atoms with van der Waals surface area (Å²) in [4.78, 5) is 19.9. The quantitative estimate of drug-likeness (QED) is 0.284. The highest BCUT2D eigenvalue weighted by molar-refractivity contribution is 7.07. The van der Waals surface area contributed by atoms with Crippen molar-refractivity contribution in [3.8, 4) is 23.0 Å². The molecule has 0 amide bonds. The average Bonchev–Trinajstić information content (AvgIpc) is 3.32. The fourth-order valence-corrected chi connectivity index (χ4v) is 6.54. The third kappa shape index (κ3) is 4.74. The van der Waals surface area contributed by atoms with Crippen LogP contribution in [0.1, 0.15) is 34.7 Å². The Labute approximate surface area is 241 Å². The average molecular weight is 567 g/mol. The number of rotatable bonds is 8. The van der Waals surface area contributed by atoms with Crippen molar-refractivity contribution in [2.24, 2.45) is 4.99 Å². The first-order chi connectivity index (χ1) is 20.1. The Balaban J connectivity index is 1.55. The van der Waals surface area contributed by atoms with Crippen molar-refractivity contribution in [2.45, 2.75) is 18.9 Å². The summed E-state index contributed by atoms with van der Waals surface area (Å²) in [7, 11) is 4.84. The van der Waals surface area contributed by atoms with Crippen molar-refractivity contribution in [1.82, 2.24) is 4.57 Å². The molecular weight excluding hydrogens is 536 g/mol. The zero-order valence-corrected chi connectivity index (χ0v) is 24.0. The van der Waals surface area contributed by atoms with Crippen LogP contribution in [0.5, 0.6) is 23.0 Å². The molecule has 7 nitrogen and oxygen atoms in total. The highest BCUT2D eigenvalue weighted by atomic mass is 32.1. The number of hydrogen-bond acceptors (Lipinski definition) is 7. The Morgan fingerprint density at radius 2 is 1.71 bits per heavy atom. The molecule has 1 atom stereocenters. The molecule has 0 bridgehead atoms. The first-order valence-electron chi connectivity index (χ1n) is 13.3. The Kier molecular flexibility index (Phi) is 7.24. The van der Waals surface area contributed by atoms with Crippen LogP contribution in [-0.4, -0.2) is 32.5 Å². The number of benzene rings is 3. The van der Waals surface area contributed by atoms with E-state index in [1.54, 1.807) is 27.4 Å². The van der Waals surface area contributed by atoms with Gasteiger partial charge in [-0.2, -0.15) is 0 Å². The van der Waals surface area contributed by atoms with E-state index >= 15 is 0 Å². The van der Waals surface area contributed by atoms with Crippen LogP contribution in [0.15, 0.2) is 88.7 Å². The largest absolute Gasteiger partial charge is 0.493 e. The molecule has 1 aliphatic heterocycles. The van der Waals surface area contributed by atoms with Crippen LogP contribution in [0.2, 0.25) is 0 Å². The van der Waals surface area contributed by atoms with Gasteiger partial charge in [0.25, 0.3) is 5.56 Å². The maximum atomic E-state index is 14.1. The zero-order valence-electron chi connectivity index (χ0n) is 23.2. The van der Waals surface area contributed by atoms with E-state index in [9.17, 15) is 4.79 Å². The Bertz CT molecular complexity index is 1870. The molecular formula is C33H30N2O5S. The van der Waals surface area contributed by atoms with Crippen molar-refractivity contribution < 1.29 is 18.9 Å². The van der Waals surface area contributed by atoms with Crippen molar-refractivity contribution in [3.63, 3.8) is 0 Å². The molecule has 3 aromatic carbocycles. The molecule has 1 aliphatic carbocycles. The minimum absolute atomic E-state index is 0.0927. The minimum Gasteiger partial charge on any atom is -0.493 e. The fourth-order valence-electron chi connectivity index (χ4n) is 5.54. The van der Waals surface area contributed by atoms with Gasteiger partial charge >= 0.3 is 0 Å². The summed E-state index contributed by atoms with van der Waals surface area (Å²) in [5, 5.41) is 0. The van der Waals surface area contributed by atoms with E-state index in [0.717, 1.165) is 40.8 Å². The van der Waals surface area contributed by atoms with E-state index in [0.29, 0.717) is 38.9 Å². The summed E-state index contributed by atoms with van der Waals surface area (Å²) in [6.07, 6.45) is 5.26. The van der Waals surface area contributed by atoms with E-state index in [1.165, 1.54) is 16.9 Å². The topological polar surface area (TPSA) is 71.3 Å². The number of methoxy groups -OCH3 is 3. The summed E-state index contributed by atoms with van der Waals surface area (Å²) in [6, 6.07) is 19.5. The lowest BCUT2D eigenvalue weighted by Crippen LogP contribution is -2.38. The number of ether oxygens (including phenoxy) is 4. The molecule has 208 valence electrons. The molecule has 0 fully saturated rings. The number of allylic oxidation sites excluding steroid dienone is 1. The van der Waals surface area contributed by atoms with Gasteiger partial charge in [-0.25, -0.2) is 4.99 Å². The summed E-state index contributed by atoms with van der Waals surface area (Å²) >= 11 is 1.39. The van der Waals surface area contributed by atoms with Crippen LogP contribution in [0, 0.1) is 0 Å². The van der Waals surface area contributed by atoms with Crippen molar-refractivity contribution >= 4 is 23.1 Å². The van der Waals surface area contributed by atoms with Gasteiger partial charge in [0, 0.05) is 5.56 Å². The van der Waals surface area contributed by atoms with Crippen LogP contribution in [-0.2, 0) is 6.42 Å². The Morgan fingerprint density at radius 1 is 0.951 bits per heavy atom. The number of fused-ring (bicyclic) bond motifs is 3. The number of aromatic nitrogens is 1. The van der Waals surface area contributed by atoms with Crippen LogP contribution >= 0.6 is 11.3 Å². The number of thiazole rings is 1. The predicted octanol–water partition coefficient (Wildman–Crippen LogP) is 4.91. The summed E-state index contributed by atoms with van der Waals surface area (Å²) in [5.74, 6) is 2.46. The molecule has 2 aliphatic rings. The molecule has 1 unspecified atom stereocenters. The molecule has 0 radical (unpaired) electrons. The lowest BCUT2D eigenvalue weighted by molar-refractivity contribution is 0.326. The van der Waals surface area contributed by atoms with E-state index in [4.69, 9.17) is 23.9 Å². The lowest BCUT2D eigenvalue weighted by Gasteiger charge is -2.31. The number of aryl methyl sites for hydroxylation is 1. The molecule has 0 saturated heterocycles. The van der Waals surface area contributed by atoms with Crippen LogP contribution in [0.25, 0.3) is 11.8 Å². The maximum absolute atomic E-state index is 14.1. The van der Waals surface area contributed by atoms with Crippen molar-refractivity contribution in [1.29, 1.82) is 0 Å². The van der Waals surface area contributed by atoms with Gasteiger partial charge in [0.15, 0.2) is 27.8 Å². The first kappa shape index (κ1) is 26.7. The summed E-state index contributed by atoms with van der Waals surface area (Å²) < 4.78 is 24.8. The van der Waals surface area contributed by atoms with Gasteiger partial charge in [-0.1, -0.05) is 60.4 Å². The number of nitrogens with zero attached hydrogens (tertiary/aromatic N) is 2. The zero-order chi connectivity index (χ0) is 28.5. The van der Waals surface area contributed by atoms with Gasteiger partial charge in [0.2, 0.25) is 0 Å². The standard InChI is InChI=1S/C33H30N2O5S/c1-5-16-40-26-14-10-20(17-27(26)38-3)18-29-32(36)35-31(22-12-15-25(37-2)28(19-22)39-4)24-13-11-21-8-6-7-9-23(21)30(24)34-33(35)41-29/h5-10,12,14-15,17-19,31H,1,11,13,16H2,2-4H3. The molecule has 2 heterocycles. The maximum Gasteiger partial charge on any atom is 0.271 e. The predicted molar refractivity (Wildman–Crippen MR) is 161 cm³/mol. The molecule has 0 saturated carbocycles. The van der Waals surface area contributed by atoms with Gasteiger partial charge < -0.3 is 18.9 Å². The first-order valence-corrected chi connectivity index (χ1v) is 14.1. The van der Waals surface area contributed by atoms with Crippen molar-refractivity contribution in [2.75, 3.05) is 27.9 Å². The van der Waals surface area contributed by atoms with Gasteiger partial charge in [-0.15, -0.1) is 0 Å². The molecule has 6 rings (SSSR count). The molecule has 8 heteroatoms. The molecule has 41 heavy (non-hydrogen) atoms. The van der Waals surface area contributed by atoms with E-state index in [2.05, 4.69) is 24.8 Å². The molecule has 0 N–H and O–H groups in total. The van der Waals surface area contributed by atoms with Gasteiger partial charge in [-0.3, -0.25) is 9.36 Å². The second-order valence-electron chi connectivity index (χ2n) is 9.74. The lowest BCUT2D eigenvalue weighted by atomic mass is 9.83. The van der Waals surface area contributed by atoms with Crippen LogP contribution in [0.3, 0.4) is 0 Å². The van der Waals surface area contributed by atoms with Crippen molar-refractivity contribution in [3.05, 3.63) is 121 Å². The second kappa shape index (κ2) is 11.1. The molecule has 0 spiro atoms. The van der Waals surface area contributed by atoms with E-state index in [-0.39, 0.29) is 11.6 Å². The Morgan fingerprint density at radius 3 is 2.49 bits per heavy atom. The second-order valence-corrected chi connectivity index (χ2v) is 10.7. The summed E-state index contributed by atoms with van der Waals surface area (Å²) in [6.45, 7) is 4.07. The molecule has 4 aromatic rings. The third-order valence-electron chi connectivity index (χ3n) is 7.44. The molecule has 1 aromatic heterocycles. The van der Waals surface area contributed by atoms with Crippen LogP contribution in [0.4, 0.5) is 0 Å². The normalized spacial score (nSPS) is 15.8.